The summed E-state index contributed by atoms with van der Waals surface area (Å²) in [7, 11) is 0. The quantitative estimate of drug-likeness (QED) is 0.358. The predicted molar refractivity (Wildman–Crippen MR) is 130 cm³/mol. The lowest BCUT2D eigenvalue weighted by molar-refractivity contribution is -0.232. The lowest BCUT2D eigenvalue weighted by Gasteiger charge is -2.73. The Kier molecular flexibility index (Phi) is 4.66. The maximum Gasteiger partial charge on any atom is 0.138 e. The normalized spacial score (nSPS) is 56.2. The Morgan fingerprint density at radius 1 is 0.774 bits per heavy atom. The van der Waals surface area contributed by atoms with Crippen LogP contribution < -0.4 is 0 Å². The molecule has 1 nitrogen and oxygen atoms in total. The molecule has 0 bridgehead atoms. The monoisotopic (exact) mass is 424 g/mol. The lowest BCUT2D eigenvalue weighted by Crippen LogP contribution is -2.66. The van der Waals surface area contributed by atoms with E-state index >= 15 is 0 Å². The first kappa shape index (κ1) is 22.2. The van der Waals surface area contributed by atoms with Crippen LogP contribution >= 0.6 is 0 Å². The van der Waals surface area contributed by atoms with Crippen molar-refractivity contribution in [3.05, 3.63) is 12.2 Å². The minimum Gasteiger partial charge on any atom is -0.299 e. The maximum absolute atomic E-state index is 12.9. The van der Waals surface area contributed by atoms with E-state index in [2.05, 4.69) is 48.5 Å². The van der Waals surface area contributed by atoms with Gasteiger partial charge in [-0.3, -0.25) is 4.79 Å². The van der Waals surface area contributed by atoms with Gasteiger partial charge >= 0.3 is 0 Å². The molecular weight excluding hydrogens is 376 g/mol. The van der Waals surface area contributed by atoms with Crippen LogP contribution in [-0.4, -0.2) is 5.78 Å². The molecule has 0 aromatic heterocycles. The van der Waals surface area contributed by atoms with Crippen LogP contribution in [0.1, 0.15) is 113 Å². The van der Waals surface area contributed by atoms with Crippen LogP contribution in [0.2, 0.25) is 0 Å². The third-order valence-corrected chi connectivity index (χ3v) is 13.2. The van der Waals surface area contributed by atoms with Crippen LogP contribution in [0.15, 0.2) is 12.2 Å². The first-order valence-electron chi connectivity index (χ1n) is 13.5. The second-order valence-corrected chi connectivity index (χ2v) is 14.5. The minimum atomic E-state index is -0.135. The summed E-state index contributed by atoms with van der Waals surface area (Å²) in [6.45, 7) is 22.3. The molecule has 0 aliphatic heterocycles. The molecule has 0 aromatic rings. The zero-order valence-electron chi connectivity index (χ0n) is 21.6. The molecule has 5 aliphatic carbocycles. The molecule has 0 unspecified atom stereocenters. The van der Waals surface area contributed by atoms with Crippen LogP contribution in [0.3, 0.4) is 0 Å². The average Bonchev–Trinajstić information content (AvgIpc) is 2.69. The van der Waals surface area contributed by atoms with Crippen molar-refractivity contribution >= 4 is 5.78 Å². The van der Waals surface area contributed by atoms with Gasteiger partial charge in [-0.15, -0.1) is 0 Å². The summed E-state index contributed by atoms with van der Waals surface area (Å²) < 4.78 is 0. The smallest absolute Gasteiger partial charge is 0.138 e. The Morgan fingerprint density at radius 2 is 1.48 bits per heavy atom. The third kappa shape index (κ3) is 2.59. The molecule has 5 fully saturated rings. The molecule has 1 heteroatoms. The van der Waals surface area contributed by atoms with Gasteiger partial charge in [0.2, 0.25) is 0 Å². The summed E-state index contributed by atoms with van der Waals surface area (Å²) in [6.07, 6.45) is 12.8. The number of rotatable bonds is 0. The Labute approximate surface area is 192 Å². The van der Waals surface area contributed by atoms with Gasteiger partial charge in [0.25, 0.3) is 0 Å². The molecule has 5 rings (SSSR count). The van der Waals surface area contributed by atoms with Crippen molar-refractivity contribution in [1.82, 2.24) is 0 Å². The SMILES string of the molecule is C=C1[C@H](C)CC[C@]2(C)CC[C@]3(C)[C@H](CC[C@@H]4[C@@]5(C)CCC(=O)C(C)(C)[C@@H]5CC[C@]43C)[C@@H]12. The zero-order chi connectivity index (χ0) is 22.6. The van der Waals surface area contributed by atoms with Crippen LogP contribution in [0, 0.1) is 56.7 Å². The number of fused-ring (bicyclic) bond motifs is 7. The average molecular weight is 425 g/mol. The summed E-state index contributed by atoms with van der Waals surface area (Å²) in [5, 5.41) is 0. The van der Waals surface area contributed by atoms with E-state index in [1.54, 1.807) is 5.57 Å². The van der Waals surface area contributed by atoms with Gasteiger partial charge in [0, 0.05) is 11.8 Å². The van der Waals surface area contributed by atoms with Gasteiger partial charge in [0.05, 0.1) is 0 Å². The van der Waals surface area contributed by atoms with Crippen molar-refractivity contribution in [2.45, 2.75) is 113 Å². The van der Waals surface area contributed by atoms with E-state index in [9.17, 15) is 4.79 Å². The molecule has 9 atom stereocenters. The van der Waals surface area contributed by atoms with Crippen molar-refractivity contribution in [3.8, 4) is 0 Å². The molecule has 0 radical (unpaired) electrons. The summed E-state index contributed by atoms with van der Waals surface area (Å²) in [4.78, 5) is 12.9. The molecule has 0 N–H and O–H groups in total. The van der Waals surface area contributed by atoms with Crippen LogP contribution in [0.5, 0.6) is 0 Å². The fourth-order valence-corrected chi connectivity index (χ4v) is 11.0. The molecule has 0 aromatic carbocycles. The zero-order valence-corrected chi connectivity index (χ0v) is 21.6. The highest BCUT2D eigenvalue weighted by molar-refractivity contribution is 5.85. The first-order valence-corrected chi connectivity index (χ1v) is 13.5. The first-order chi connectivity index (χ1) is 14.3. The molecule has 31 heavy (non-hydrogen) atoms. The highest BCUT2D eigenvalue weighted by atomic mass is 16.1. The number of allylic oxidation sites excluding steroid dienone is 1. The van der Waals surface area contributed by atoms with Gasteiger partial charge in [-0.2, -0.15) is 0 Å². The topological polar surface area (TPSA) is 17.1 Å². The van der Waals surface area contributed by atoms with Crippen molar-refractivity contribution in [3.63, 3.8) is 0 Å². The largest absolute Gasteiger partial charge is 0.299 e. The van der Waals surface area contributed by atoms with E-state index < -0.39 is 0 Å². The Hall–Kier alpha value is -0.590. The number of ketones is 1. The summed E-state index contributed by atoms with van der Waals surface area (Å²) >= 11 is 0. The second kappa shape index (κ2) is 6.50. The molecule has 0 heterocycles. The van der Waals surface area contributed by atoms with Gasteiger partial charge in [0.15, 0.2) is 0 Å². The van der Waals surface area contributed by atoms with Crippen molar-refractivity contribution in [2.24, 2.45) is 56.7 Å². The highest BCUT2D eigenvalue weighted by Gasteiger charge is 2.69. The predicted octanol–water partition coefficient (Wildman–Crippen LogP) is 8.23. The third-order valence-electron chi connectivity index (χ3n) is 13.2. The van der Waals surface area contributed by atoms with Gasteiger partial charge in [-0.1, -0.05) is 60.6 Å². The van der Waals surface area contributed by atoms with Crippen LogP contribution in [0.25, 0.3) is 0 Å². The number of carbonyl (C=O) groups is 1. The number of hydrogen-bond donors (Lipinski definition) is 0. The molecule has 174 valence electrons. The fraction of sp³-hybridized carbons (Fsp3) is 0.900. The van der Waals surface area contributed by atoms with Gasteiger partial charge in [-0.05, 0) is 109 Å². The molecule has 0 amide bonds. The summed E-state index contributed by atoms with van der Waals surface area (Å²) in [6, 6.07) is 0. The molecule has 5 saturated carbocycles. The second-order valence-electron chi connectivity index (χ2n) is 14.5. The van der Waals surface area contributed by atoms with Gasteiger partial charge in [-0.25, -0.2) is 0 Å². The van der Waals surface area contributed by atoms with E-state index in [1.807, 2.05) is 0 Å². The Balaban J connectivity index is 1.55. The van der Waals surface area contributed by atoms with E-state index in [4.69, 9.17) is 6.58 Å². The van der Waals surface area contributed by atoms with Gasteiger partial charge < -0.3 is 0 Å². The van der Waals surface area contributed by atoms with E-state index in [-0.39, 0.29) is 5.41 Å². The minimum absolute atomic E-state index is 0.135. The van der Waals surface area contributed by atoms with E-state index in [1.165, 1.54) is 51.4 Å². The highest BCUT2D eigenvalue weighted by Crippen LogP contribution is 2.76. The molecular formula is C30H48O. The maximum atomic E-state index is 12.9. The Morgan fingerprint density at radius 3 is 2.19 bits per heavy atom. The van der Waals surface area contributed by atoms with Crippen LogP contribution in [-0.2, 0) is 4.79 Å². The Bertz CT molecular complexity index is 807. The fourth-order valence-electron chi connectivity index (χ4n) is 11.0. The van der Waals surface area contributed by atoms with Gasteiger partial charge in [0.1, 0.15) is 5.78 Å². The van der Waals surface area contributed by atoms with Crippen LogP contribution in [0.4, 0.5) is 0 Å². The molecule has 5 aliphatic rings. The standard InChI is InChI=1S/C30H48O/c1-19-11-14-27(5)17-18-29(7)21(25(27)20(19)2)9-10-23-28(6)15-13-24(31)26(3,4)22(28)12-16-30(23,29)8/h19,21-23,25H,2,9-18H2,1,3-8H3/t19-,21-,22+,23-,25-,27-,28+,29-,30-/m1/s1. The van der Waals surface area contributed by atoms with Crippen molar-refractivity contribution in [2.75, 3.05) is 0 Å². The number of Topliss-reactive ketones (excluding diaryl/α,β-unsaturated/α-hetero) is 1. The number of hydrogen-bond acceptors (Lipinski definition) is 1. The molecule has 0 spiro atoms. The number of carbonyl (C=O) groups excluding carboxylic acids is 1. The van der Waals surface area contributed by atoms with E-state index in [0.29, 0.717) is 39.3 Å². The summed E-state index contributed by atoms with van der Waals surface area (Å²) in [5.41, 5.74) is 3.09. The van der Waals surface area contributed by atoms with Crippen molar-refractivity contribution in [1.29, 1.82) is 0 Å². The van der Waals surface area contributed by atoms with Crippen molar-refractivity contribution < 1.29 is 4.79 Å². The molecule has 0 saturated heterocycles. The van der Waals surface area contributed by atoms with E-state index in [0.717, 1.165) is 30.6 Å². The lowest BCUT2D eigenvalue weighted by atomic mass is 9.31. The summed E-state index contributed by atoms with van der Waals surface area (Å²) in [5.74, 6) is 4.09.